The molecule has 17 heavy (non-hydrogen) atoms. The van der Waals surface area contributed by atoms with Crippen LogP contribution in [0.4, 0.5) is 0 Å². The van der Waals surface area contributed by atoms with Crippen molar-refractivity contribution in [1.29, 1.82) is 0 Å². The Morgan fingerprint density at radius 3 is 2.35 bits per heavy atom. The van der Waals surface area contributed by atoms with Crippen LogP contribution in [0.3, 0.4) is 0 Å². The SMILES string of the molecule is Clc1nnc(Cl)c2nn(-c3ccccc3)cc12. The second kappa shape index (κ2) is 3.98. The van der Waals surface area contributed by atoms with Crippen molar-refractivity contribution in [3.63, 3.8) is 0 Å². The highest BCUT2D eigenvalue weighted by Crippen LogP contribution is 2.25. The van der Waals surface area contributed by atoms with Gasteiger partial charge in [-0.3, -0.25) is 0 Å². The van der Waals surface area contributed by atoms with Crippen molar-refractivity contribution in [2.24, 2.45) is 0 Å². The molecular formula is C11H6Cl2N4. The lowest BCUT2D eigenvalue weighted by Crippen LogP contribution is -1.93. The fraction of sp³-hybridized carbons (Fsp3) is 0. The van der Waals surface area contributed by atoms with Crippen molar-refractivity contribution in [2.45, 2.75) is 0 Å². The van der Waals surface area contributed by atoms with Gasteiger partial charge >= 0.3 is 0 Å². The standard InChI is InChI=1S/C11H6Cl2N4/c12-10-8-6-17(7-4-2-1-3-5-7)16-9(8)11(13)15-14-10/h1-6H. The zero-order valence-corrected chi connectivity index (χ0v) is 10.0. The maximum Gasteiger partial charge on any atom is 0.179 e. The lowest BCUT2D eigenvalue weighted by atomic mass is 10.3. The average molecular weight is 265 g/mol. The van der Waals surface area contributed by atoms with Crippen LogP contribution in [0.25, 0.3) is 16.6 Å². The third-order valence-electron chi connectivity index (χ3n) is 2.38. The lowest BCUT2D eigenvalue weighted by Gasteiger charge is -1.98. The average Bonchev–Trinajstić information content (AvgIpc) is 2.81. The summed E-state index contributed by atoms with van der Waals surface area (Å²) in [5.74, 6) is 0. The number of halogens is 2. The molecule has 3 rings (SSSR count). The van der Waals surface area contributed by atoms with Crippen molar-refractivity contribution >= 4 is 34.1 Å². The Hall–Kier alpha value is -1.65. The maximum absolute atomic E-state index is 5.94. The van der Waals surface area contributed by atoms with Gasteiger partial charge in [0.25, 0.3) is 0 Å². The number of rotatable bonds is 1. The molecule has 0 N–H and O–H groups in total. The zero-order valence-electron chi connectivity index (χ0n) is 8.51. The number of para-hydroxylation sites is 1. The van der Waals surface area contributed by atoms with Crippen molar-refractivity contribution < 1.29 is 0 Å². The molecule has 84 valence electrons. The molecule has 1 aromatic carbocycles. The number of fused-ring (bicyclic) bond motifs is 1. The van der Waals surface area contributed by atoms with Crippen LogP contribution >= 0.6 is 23.2 Å². The Kier molecular flexibility index (Phi) is 2.46. The fourth-order valence-corrected chi connectivity index (χ4v) is 1.93. The maximum atomic E-state index is 5.94. The lowest BCUT2D eigenvalue weighted by molar-refractivity contribution is 0.895. The molecule has 0 saturated heterocycles. The number of hydrogen-bond acceptors (Lipinski definition) is 3. The first-order valence-electron chi connectivity index (χ1n) is 4.88. The summed E-state index contributed by atoms with van der Waals surface area (Å²) in [7, 11) is 0. The summed E-state index contributed by atoms with van der Waals surface area (Å²) < 4.78 is 1.70. The first-order valence-corrected chi connectivity index (χ1v) is 5.64. The van der Waals surface area contributed by atoms with E-state index in [0.29, 0.717) is 16.1 Å². The van der Waals surface area contributed by atoms with Crippen LogP contribution in [-0.2, 0) is 0 Å². The Morgan fingerprint density at radius 2 is 1.65 bits per heavy atom. The van der Waals surface area contributed by atoms with Crippen molar-refractivity contribution in [2.75, 3.05) is 0 Å². The van der Waals surface area contributed by atoms with Gasteiger partial charge in [0, 0.05) is 6.20 Å². The predicted molar refractivity (Wildman–Crippen MR) is 66.7 cm³/mol. The highest BCUT2D eigenvalue weighted by Gasteiger charge is 2.11. The van der Waals surface area contributed by atoms with Crippen molar-refractivity contribution in [1.82, 2.24) is 20.0 Å². The van der Waals surface area contributed by atoms with Gasteiger partial charge in [0.05, 0.1) is 11.1 Å². The number of aromatic nitrogens is 4. The summed E-state index contributed by atoms with van der Waals surface area (Å²) >= 11 is 11.9. The summed E-state index contributed by atoms with van der Waals surface area (Å²) in [5, 5.41) is 13.0. The van der Waals surface area contributed by atoms with E-state index in [0.717, 1.165) is 5.69 Å². The van der Waals surface area contributed by atoms with Gasteiger partial charge in [0.2, 0.25) is 0 Å². The van der Waals surface area contributed by atoms with Gasteiger partial charge in [0.15, 0.2) is 10.3 Å². The van der Waals surface area contributed by atoms with Crippen LogP contribution in [0, 0.1) is 0 Å². The van der Waals surface area contributed by atoms with Gasteiger partial charge in [-0.05, 0) is 12.1 Å². The third kappa shape index (κ3) is 1.75. The Labute approximate surface area is 107 Å². The second-order valence-corrected chi connectivity index (χ2v) is 4.17. The summed E-state index contributed by atoms with van der Waals surface area (Å²) in [6, 6.07) is 9.68. The van der Waals surface area contributed by atoms with Crippen LogP contribution < -0.4 is 0 Å². The third-order valence-corrected chi connectivity index (χ3v) is 2.91. The molecule has 0 fully saturated rings. The van der Waals surface area contributed by atoms with Gasteiger partial charge in [-0.1, -0.05) is 41.4 Å². The first kappa shape index (κ1) is 10.5. The van der Waals surface area contributed by atoms with Gasteiger partial charge in [-0.15, -0.1) is 10.2 Å². The fourth-order valence-electron chi connectivity index (χ4n) is 1.58. The highest BCUT2D eigenvalue weighted by molar-refractivity contribution is 6.37. The number of benzene rings is 1. The van der Waals surface area contributed by atoms with Crippen LogP contribution in [-0.4, -0.2) is 20.0 Å². The van der Waals surface area contributed by atoms with Crippen LogP contribution in [0.2, 0.25) is 10.3 Å². The van der Waals surface area contributed by atoms with Crippen molar-refractivity contribution in [3.05, 3.63) is 46.8 Å². The van der Waals surface area contributed by atoms with E-state index in [1.807, 2.05) is 30.3 Å². The van der Waals surface area contributed by atoms with E-state index in [1.165, 1.54) is 0 Å². The topological polar surface area (TPSA) is 43.6 Å². The molecule has 2 heterocycles. The summed E-state index contributed by atoms with van der Waals surface area (Å²) in [6.45, 7) is 0. The van der Waals surface area contributed by atoms with E-state index < -0.39 is 0 Å². The molecule has 0 spiro atoms. The van der Waals surface area contributed by atoms with E-state index in [-0.39, 0.29) is 5.15 Å². The highest BCUT2D eigenvalue weighted by atomic mass is 35.5. The molecule has 0 atom stereocenters. The Bertz CT molecular complexity index is 640. The molecule has 0 bridgehead atoms. The van der Waals surface area contributed by atoms with E-state index in [4.69, 9.17) is 23.2 Å². The summed E-state index contributed by atoms with van der Waals surface area (Å²) in [5.41, 5.74) is 1.48. The zero-order chi connectivity index (χ0) is 11.8. The van der Waals surface area contributed by atoms with Gasteiger partial charge in [-0.25, -0.2) is 4.68 Å². The number of nitrogens with zero attached hydrogens (tertiary/aromatic N) is 4. The minimum Gasteiger partial charge on any atom is -0.240 e. The quantitative estimate of drug-likeness (QED) is 0.679. The Morgan fingerprint density at radius 1 is 0.941 bits per heavy atom. The molecule has 2 aromatic heterocycles. The van der Waals surface area contributed by atoms with Gasteiger partial charge in [-0.2, -0.15) is 5.10 Å². The molecule has 0 aliphatic heterocycles. The van der Waals surface area contributed by atoms with Gasteiger partial charge < -0.3 is 0 Å². The van der Waals surface area contributed by atoms with E-state index in [9.17, 15) is 0 Å². The van der Waals surface area contributed by atoms with E-state index >= 15 is 0 Å². The minimum atomic E-state index is 0.249. The molecule has 0 radical (unpaired) electrons. The second-order valence-electron chi connectivity index (χ2n) is 3.45. The van der Waals surface area contributed by atoms with Crippen LogP contribution in [0.15, 0.2) is 36.5 Å². The molecule has 4 nitrogen and oxygen atoms in total. The Balaban J connectivity index is 2.27. The molecule has 3 aromatic rings. The van der Waals surface area contributed by atoms with Crippen LogP contribution in [0.1, 0.15) is 0 Å². The molecule has 6 heteroatoms. The van der Waals surface area contributed by atoms with Gasteiger partial charge in [0.1, 0.15) is 5.52 Å². The molecule has 0 aliphatic carbocycles. The first-order chi connectivity index (χ1) is 8.25. The normalized spacial score (nSPS) is 10.9. The van der Waals surface area contributed by atoms with E-state index in [2.05, 4.69) is 15.3 Å². The minimum absolute atomic E-state index is 0.249. The molecule has 0 amide bonds. The molecule has 0 aliphatic rings. The predicted octanol–water partition coefficient (Wildman–Crippen LogP) is 3.12. The van der Waals surface area contributed by atoms with Crippen molar-refractivity contribution in [3.8, 4) is 5.69 Å². The van der Waals surface area contributed by atoms with Crippen LogP contribution in [0.5, 0.6) is 0 Å². The molecule has 0 saturated carbocycles. The number of hydrogen-bond donors (Lipinski definition) is 0. The molecule has 0 unspecified atom stereocenters. The largest absolute Gasteiger partial charge is 0.240 e. The molecular weight excluding hydrogens is 259 g/mol. The smallest absolute Gasteiger partial charge is 0.179 e. The van der Waals surface area contributed by atoms with E-state index in [1.54, 1.807) is 10.9 Å². The summed E-state index contributed by atoms with van der Waals surface area (Å²) in [4.78, 5) is 0. The monoisotopic (exact) mass is 264 g/mol. The summed E-state index contributed by atoms with van der Waals surface area (Å²) in [6.07, 6.45) is 1.79.